The zero-order valence-corrected chi connectivity index (χ0v) is 12.0. The lowest BCUT2D eigenvalue weighted by atomic mass is 9.98. The van der Waals surface area contributed by atoms with Gasteiger partial charge in [0.15, 0.2) is 12.6 Å². The van der Waals surface area contributed by atoms with Crippen molar-refractivity contribution in [2.75, 3.05) is 13.2 Å². The molecule has 0 aliphatic carbocycles. The second-order valence-corrected chi connectivity index (χ2v) is 5.57. The van der Waals surface area contributed by atoms with Crippen LogP contribution in [0.25, 0.3) is 0 Å². The number of ether oxygens (including phenoxy) is 3. The van der Waals surface area contributed by atoms with Crippen LogP contribution in [0.2, 0.25) is 0 Å². The minimum atomic E-state index is -1.74. The van der Waals surface area contributed by atoms with Gasteiger partial charge in [-0.15, -0.1) is 0 Å². The van der Waals surface area contributed by atoms with E-state index in [1.54, 1.807) is 0 Å². The van der Waals surface area contributed by atoms with Gasteiger partial charge in [-0.25, -0.2) is 0 Å². The summed E-state index contributed by atoms with van der Waals surface area (Å²) in [5.41, 5.74) is 0. The minimum absolute atomic E-state index is 0.468. The Labute approximate surface area is 130 Å². The molecule has 0 spiro atoms. The van der Waals surface area contributed by atoms with Crippen molar-refractivity contribution >= 4 is 0 Å². The maximum absolute atomic E-state index is 9.78. The molecule has 0 amide bonds. The Morgan fingerprint density at radius 1 is 0.652 bits per heavy atom. The predicted molar refractivity (Wildman–Crippen MR) is 68.6 cm³/mol. The largest absolute Gasteiger partial charge is 0.394 e. The van der Waals surface area contributed by atoms with E-state index in [0.29, 0.717) is 0 Å². The lowest BCUT2D eigenvalue weighted by molar-refractivity contribution is -0.325. The summed E-state index contributed by atoms with van der Waals surface area (Å²) in [6.45, 7) is -1.10. The monoisotopic (exact) mass is 342 g/mol. The molecule has 2 rings (SSSR count). The highest BCUT2D eigenvalue weighted by atomic mass is 16.7. The van der Waals surface area contributed by atoms with E-state index in [4.69, 9.17) is 19.3 Å². The number of hydrogen-bond donors (Lipinski definition) is 8. The summed E-state index contributed by atoms with van der Waals surface area (Å²) in [4.78, 5) is 0. The fourth-order valence-electron chi connectivity index (χ4n) is 2.46. The van der Waals surface area contributed by atoms with Crippen molar-refractivity contribution in [3.63, 3.8) is 0 Å². The highest BCUT2D eigenvalue weighted by Gasteiger charge is 2.46. The fraction of sp³-hybridized carbons (Fsp3) is 1.00. The third kappa shape index (κ3) is 3.81. The molecule has 136 valence electrons. The van der Waals surface area contributed by atoms with Crippen LogP contribution in [0.4, 0.5) is 0 Å². The molecule has 0 radical (unpaired) electrons. The predicted octanol–water partition coefficient (Wildman–Crippen LogP) is -5.40. The third-order valence-corrected chi connectivity index (χ3v) is 3.96. The van der Waals surface area contributed by atoms with Crippen LogP contribution in [-0.2, 0) is 14.2 Å². The molecule has 2 heterocycles. The van der Waals surface area contributed by atoms with E-state index in [-0.39, 0.29) is 0 Å². The Morgan fingerprint density at radius 3 is 1.83 bits per heavy atom. The van der Waals surface area contributed by atoms with Gasteiger partial charge in [-0.3, -0.25) is 0 Å². The SMILES string of the molecule is OC[C@H]1O[C@H](OC[C@H]2O[C@H](O)[C@H](O)[C@@H](O)[C@@H]2O)[C@H](O)[C@H](O)[C@H]1O. The van der Waals surface area contributed by atoms with Crippen LogP contribution in [0.5, 0.6) is 0 Å². The Kier molecular flexibility index (Phi) is 6.27. The van der Waals surface area contributed by atoms with E-state index in [1.165, 1.54) is 0 Å². The van der Waals surface area contributed by atoms with Crippen molar-refractivity contribution in [2.45, 2.75) is 61.4 Å². The van der Waals surface area contributed by atoms with Crippen molar-refractivity contribution in [1.82, 2.24) is 0 Å². The fourth-order valence-corrected chi connectivity index (χ4v) is 2.46. The second kappa shape index (κ2) is 7.63. The molecule has 0 saturated carbocycles. The van der Waals surface area contributed by atoms with E-state index in [0.717, 1.165) is 0 Å². The quantitative estimate of drug-likeness (QED) is 0.243. The van der Waals surface area contributed by atoms with E-state index in [2.05, 4.69) is 0 Å². The molecule has 0 bridgehead atoms. The first kappa shape index (κ1) is 18.9. The zero-order valence-electron chi connectivity index (χ0n) is 12.0. The van der Waals surface area contributed by atoms with Gasteiger partial charge in [0.2, 0.25) is 0 Å². The van der Waals surface area contributed by atoms with E-state index < -0.39 is 74.6 Å². The van der Waals surface area contributed by atoms with Crippen LogP contribution >= 0.6 is 0 Å². The molecule has 0 unspecified atom stereocenters. The van der Waals surface area contributed by atoms with E-state index >= 15 is 0 Å². The van der Waals surface area contributed by atoms with Crippen LogP contribution < -0.4 is 0 Å². The van der Waals surface area contributed by atoms with Gasteiger partial charge in [-0.05, 0) is 0 Å². The Morgan fingerprint density at radius 2 is 1.22 bits per heavy atom. The first-order valence-electron chi connectivity index (χ1n) is 7.07. The van der Waals surface area contributed by atoms with Crippen molar-refractivity contribution in [3.05, 3.63) is 0 Å². The smallest absolute Gasteiger partial charge is 0.186 e. The molecule has 0 aromatic rings. The van der Waals surface area contributed by atoms with Crippen LogP contribution in [0.15, 0.2) is 0 Å². The molecule has 2 saturated heterocycles. The first-order chi connectivity index (χ1) is 10.8. The highest BCUT2D eigenvalue weighted by Crippen LogP contribution is 2.24. The second-order valence-electron chi connectivity index (χ2n) is 5.57. The lowest BCUT2D eigenvalue weighted by Crippen LogP contribution is -2.61. The molecule has 0 aromatic carbocycles. The third-order valence-electron chi connectivity index (χ3n) is 3.96. The summed E-state index contributed by atoms with van der Waals surface area (Å²) in [6, 6.07) is 0. The molecule has 0 aromatic heterocycles. The normalized spacial score (nSPS) is 51.7. The maximum Gasteiger partial charge on any atom is 0.186 e. The van der Waals surface area contributed by atoms with Gasteiger partial charge < -0.3 is 55.1 Å². The molecular formula is C12H22O11. The van der Waals surface area contributed by atoms with Gasteiger partial charge in [0, 0.05) is 0 Å². The Bertz CT molecular complexity index is 380. The van der Waals surface area contributed by atoms with Gasteiger partial charge in [-0.2, -0.15) is 0 Å². The standard InChI is InChI=1S/C12H22O11/c13-1-3-5(14)8(17)10(19)12(23-3)21-2-4-6(15)7(16)9(18)11(20)22-4/h3-20H,1-2H2/t3-,4-,5+,6-,7+,8-,9-,10-,11+,12+/m1/s1. The van der Waals surface area contributed by atoms with Crippen LogP contribution in [0, 0.1) is 0 Å². The topological polar surface area (TPSA) is 190 Å². The molecule has 23 heavy (non-hydrogen) atoms. The van der Waals surface area contributed by atoms with E-state index in [1.807, 2.05) is 0 Å². The molecule has 2 aliphatic heterocycles. The first-order valence-corrected chi connectivity index (χ1v) is 7.07. The molecule has 2 fully saturated rings. The summed E-state index contributed by atoms with van der Waals surface area (Å²) in [5, 5.41) is 76.1. The molecule has 10 atom stereocenters. The zero-order chi connectivity index (χ0) is 17.3. The molecule has 11 nitrogen and oxygen atoms in total. The average molecular weight is 342 g/mol. The molecule has 8 N–H and O–H groups in total. The van der Waals surface area contributed by atoms with Gasteiger partial charge in [-0.1, -0.05) is 0 Å². The van der Waals surface area contributed by atoms with Crippen molar-refractivity contribution in [3.8, 4) is 0 Å². The number of aliphatic hydroxyl groups excluding tert-OH is 8. The van der Waals surface area contributed by atoms with Gasteiger partial charge in [0.05, 0.1) is 13.2 Å². The number of aliphatic hydroxyl groups is 8. The summed E-state index contributed by atoms with van der Waals surface area (Å²) in [7, 11) is 0. The summed E-state index contributed by atoms with van der Waals surface area (Å²) < 4.78 is 15.1. The summed E-state index contributed by atoms with van der Waals surface area (Å²) in [5.74, 6) is 0. The summed E-state index contributed by atoms with van der Waals surface area (Å²) in [6.07, 6.45) is -15.3. The van der Waals surface area contributed by atoms with Crippen molar-refractivity contribution in [1.29, 1.82) is 0 Å². The summed E-state index contributed by atoms with van der Waals surface area (Å²) >= 11 is 0. The maximum atomic E-state index is 9.78. The van der Waals surface area contributed by atoms with Crippen molar-refractivity contribution in [2.24, 2.45) is 0 Å². The Hall–Kier alpha value is -0.440. The van der Waals surface area contributed by atoms with Gasteiger partial charge in [0.1, 0.15) is 48.8 Å². The number of hydrogen-bond acceptors (Lipinski definition) is 11. The van der Waals surface area contributed by atoms with Crippen LogP contribution in [-0.4, -0.2) is 115 Å². The lowest BCUT2D eigenvalue weighted by Gasteiger charge is -2.41. The van der Waals surface area contributed by atoms with Crippen LogP contribution in [0.3, 0.4) is 0 Å². The van der Waals surface area contributed by atoms with Crippen molar-refractivity contribution < 1.29 is 55.1 Å². The minimum Gasteiger partial charge on any atom is -0.394 e. The van der Waals surface area contributed by atoms with E-state index in [9.17, 15) is 35.7 Å². The van der Waals surface area contributed by atoms with Crippen LogP contribution in [0.1, 0.15) is 0 Å². The van der Waals surface area contributed by atoms with Gasteiger partial charge in [0.25, 0.3) is 0 Å². The Balaban J connectivity index is 1.94. The molecule has 11 heteroatoms. The number of rotatable bonds is 4. The average Bonchev–Trinajstić information content (AvgIpc) is 2.54. The molecule has 2 aliphatic rings. The highest BCUT2D eigenvalue weighted by molar-refractivity contribution is 4.91. The molecular weight excluding hydrogens is 320 g/mol. The van der Waals surface area contributed by atoms with Gasteiger partial charge >= 0.3 is 0 Å².